The zero-order valence-electron chi connectivity index (χ0n) is 10.5. The summed E-state index contributed by atoms with van der Waals surface area (Å²) in [5.41, 5.74) is -0.00797. The molecule has 0 aromatic rings. The first-order chi connectivity index (χ1) is 7.70. The van der Waals surface area contributed by atoms with E-state index in [0.717, 1.165) is 0 Å². The van der Waals surface area contributed by atoms with Crippen LogP contribution in [0.15, 0.2) is 11.1 Å². The third kappa shape index (κ3) is 3.69. The van der Waals surface area contributed by atoms with E-state index in [2.05, 4.69) is 4.74 Å². The molecule has 0 aromatic heterocycles. The highest BCUT2D eigenvalue weighted by molar-refractivity contribution is 6.12. The van der Waals surface area contributed by atoms with Crippen molar-refractivity contribution < 1.29 is 23.9 Å². The molecule has 0 amide bonds. The predicted molar refractivity (Wildman–Crippen MR) is 58.9 cm³/mol. The maximum absolute atomic E-state index is 11.4. The van der Waals surface area contributed by atoms with E-state index < -0.39 is 23.5 Å². The van der Waals surface area contributed by atoms with Gasteiger partial charge in [-0.3, -0.25) is 4.79 Å². The van der Waals surface area contributed by atoms with E-state index in [0.29, 0.717) is 0 Å². The van der Waals surface area contributed by atoms with Crippen molar-refractivity contribution in [3.63, 3.8) is 0 Å². The molecule has 1 rings (SSSR count). The van der Waals surface area contributed by atoms with Crippen LogP contribution < -0.4 is 0 Å². The molecule has 0 aromatic carbocycles. The van der Waals surface area contributed by atoms with Crippen molar-refractivity contribution in [1.29, 1.82) is 0 Å². The summed E-state index contributed by atoms with van der Waals surface area (Å²) < 4.78 is 9.51. The third-order valence-electron chi connectivity index (χ3n) is 2.19. The molecular formula is C12H16O5. The maximum atomic E-state index is 11.4. The first kappa shape index (κ1) is 13.4. The molecule has 5 nitrogen and oxygen atoms in total. The predicted octanol–water partition coefficient (Wildman–Crippen LogP) is 1.51. The van der Waals surface area contributed by atoms with Gasteiger partial charge in [-0.15, -0.1) is 0 Å². The van der Waals surface area contributed by atoms with Gasteiger partial charge in [0.15, 0.2) is 0 Å². The van der Waals surface area contributed by atoms with Crippen LogP contribution in [-0.2, 0) is 23.9 Å². The van der Waals surface area contributed by atoms with Crippen LogP contribution in [-0.4, -0.2) is 23.5 Å². The number of hydrogen-bond acceptors (Lipinski definition) is 5. The molecule has 1 aliphatic heterocycles. The Bertz CT molecular complexity index is 398. The first-order valence-corrected chi connectivity index (χ1v) is 5.39. The minimum Gasteiger partial charge on any atom is -0.460 e. The van der Waals surface area contributed by atoms with E-state index in [1.807, 2.05) is 0 Å². The number of cyclic esters (lactones) is 2. The van der Waals surface area contributed by atoms with Gasteiger partial charge in [0.2, 0.25) is 0 Å². The fraction of sp³-hybridized carbons (Fsp3) is 0.583. The van der Waals surface area contributed by atoms with Crippen LogP contribution in [0, 0.1) is 0 Å². The summed E-state index contributed by atoms with van der Waals surface area (Å²) in [4.78, 5) is 33.7. The van der Waals surface area contributed by atoms with Crippen molar-refractivity contribution in [1.82, 2.24) is 0 Å². The maximum Gasteiger partial charge on any atom is 0.342 e. The Morgan fingerprint density at radius 1 is 1.24 bits per heavy atom. The second-order valence-corrected chi connectivity index (χ2v) is 4.87. The highest BCUT2D eigenvalue weighted by Crippen LogP contribution is 2.22. The molecule has 5 heteroatoms. The average molecular weight is 240 g/mol. The van der Waals surface area contributed by atoms with E-state index in [1.165, 1.54) is 6.92 Å². The van der Waals surface area contributed by atoms with Gasteiger partial charge in [0, 0.05) is 17.6 Å². The number of rotatable bonds is 3. The monoisotopic (exact) mass is 240 g/mol. The van der Waals surface area contributed by atoms with Gasteiger partial charge in [0.25, 0.3) is 0 Å². The fourth-order valence-electron chi connectivity index (χ4n) is 1.41. The second-order valence-electron chi connectivity index (χ2n) is 4.87. The number of ether oxygens (including phenoxy) is 2. The molecule has 0 radical (unpaired) electrons. The minimum atomic E-state index is -0.656. The molecular weight excluding hydrogens is 224 g/mol. The molecule has 0 atom stereocenters. The smallest absolute Gasteiger partial charge is 0.342 e. The molecule has 1 heterocycles. The first-order valence-electron chi connectivity index (χ1n) is 5.39. The normalized spacial score (nSPS) is 16.2. The Kier molecular flexibility index (Phi) is 3.70. The van der Waals surface area contributed by atoms with E-state index in [9.17, 15) is 14.4 Å². The second kappa shape index (κ2) is 4.69. The van der Waals surface area contributed by atoms with Gasteiger partial charge in [0.1, 0.15) is 5.60 Å². The molecule has 0 spiro atoms. The van der Waals surface area contributed by atoms with Crippen LogP contribution in [0.5, 0.6) is 0 Å². The Morgan fingerprint density at radius 2 is 1.82 bits per heavy atom. The van der Waals surface area contributed by atoms with Gasteiger partial charge in [-0.25, -0.2) is 9.59 Å². The van der Waals surface area contributed by atoms with Gasteiger partial charge in [-0.1, -0.05) is 0 Å². The molecule has 1 aliphatic rings. The summed E-state index contributed by atoms with van der Waals surface area (Å²) in [5.74, 6) is -1.69. The molecule has 0 aliphatic carbocycles. The van der Waals surface area contributed by atoms with Crippen LogP contribution in [0.25, 0.3) is 0 Å². The highest BCUT2D eigenvalue weighted by Gasteiger charge is 2.30. The van der Waals surface area contributed by atoms with Gasteiger partial charge < -0.3 is 9.47 Å². The summed E-state index contributed by atoms with van der Waals surface area (Å²) >= 11 is 0. The zero-order valence-corrected chi connectivity index (χ0v) is 10.5. The molecule has 0 saturated heterocycles. The van der Waals surface area contributed by atoms with E-state index in [4.69, 9.17) is 4.74 Å². The summed E-state index contributed by atoms with van der Waals surface area (Å²) in [5, 5.41) is 0. The van der Waals surface area contributed by atoms with Crippen LogP contribution >= 0.6 is 0 Å². The van der Waals surface area contributed by atoms with E-state index in [-0.39, 0.29) is 24.0 Å². The summed E-state index contributed by atoms with van der Waals surface area (Å²) in [6, 6.07) is 0. The zero-order chi connectivity index (χ0) is 13.2. The number of carbonyl (C=O) groups excluding carboxylic acids is 3. The third-order valence-corrected chi connectivity index (χ3v) is 2.19. The van der Waals surface area contributed by atoms with Gasteiger partial charge in [-0.2, -0.15) is 0 Å². The van der Waals surface area contributed by atoms with Crippen molar-refractivity contribution in [2.75, 3.05) is 0 Å². The van der Waals surface area contributed by atoms with Crippen molar-refractivity contribution >= 4 is 17.9 Å². The van der Waals surface area contributed by atoms with Crippen molar-refractivity contribution in [3.05, 3.63) is 11.1 Å². The van der Waals surface area contributed by atoms with Gasteiger partial charge in [-0.05, 0) is 34.1 Å². The Hall–Kier alpha value is -1.65. The lowest BCUT2D eigenvalue weighted by Gasteiger charge is -2.19. The lowest BCUT2D eigenvalue weighted by atomic mass is 10.1. The topological polar surface area (TPSA) is 69.7 Å². The van der Waals surface area contributed by atoms with Gasteiger partial charge in [0.05, 0.1) is 0 Å². The van der Waals surface area contributed by atoms with Crippen LogP contribution in [0.3, 0.4) is 0 Å². The van der Waals surface area contributed by atoms with Crippen molar-refractivity contribution in [3.8, 4) is 0 Å². The molecule has 0 bridgehead atoms. The Labute approximate surface area is 99.8 Å². The molecule has 94 valence electrons. The molecule has 17 heavy (non-hydrogen) atoms. The Morgan fingerprint density at radius 3 is 2.24 bits per heavy atom. The number of carbonyl (C=O) groups is 3. The van der Waals surface area contributed by atoms with Crippen LogP contribution in [0.2, 0.25) is 0 Å². The van der Waals surface area contributed by atoms with Crippen molar-refractivity contribution in [2.45, 2.75) is 46.1 Å². The Balaban J connectivity index is 2.55. The van der Waals surface area contributed by atoms with E-state index >= 15 is 0 Å². The average Bonchev–Trinajstić information content (AvgIpc) is 2.36. The molecule has 0 unspecified atom stereocenters. The SMILES string of the molecule is CC1=C(CCC(=O)OC(C)(C)C)C(=O)OC1=O. The number of hydrogen-bond donors (Lipinski definition) is 0. The van der Waals surface area contributed by atoms with Gasteiger partial charge >= 0.3 is 17.9 Å². The summed E-state index contributed by atoms with van der Waals surface area (Å²) in [6.45, 7) is 6.81. The van der Waals surface area contributed by atoms with Crippen molar-refractivity contribution in [2.24, 2.45) is 0 Å². The van der Waals surface area contributed by atoms with Crippen LogP contribution in [0.1, 0.15) is 40.5 Å². The minimum absolute atomic E-state index is 0.0618. The molecule has 0 fully saturated rings. The fourth-order valence-corrected chi connectivity index (χ4v) is 1.41. The lowest BCUT2D eigenvalue weighted by molar-refractivity contribution is -0.154. The van der Waals surface area contributed by atoms with Crippen LogP contribution in [0.4, 0.5) is 0 Å². The number of esters is 3. The standard InChI is InChI=1S/C12H16O5/c1-7-8(11(15)16-10(7)14)5-6-9(13)17-12(2,3)4/h5-6H2,1-4H3. The van der Waals surface area contributed by atoms with E-state index in [1.54, 1.807) is 20.8 Å². The largest absolute Gasteiger partial charge is 0.460 e. The molecule has 0 N–H and O–H groups in total. The summed E-state index contributed by atoms with van der Waals surface area (Å²) in [6.07, 6.45) is 0.234. The lowest BCUT2D eigenvalue weighted by Crippen LogP contribution is -2.23. The molecule has 0 saturated carbocycles. The summed E-state index contributed by atoms with van der Waals surface area (Å²) in [7, 11) is 0. The quantitative estimate of drug-likeness (QED) is 0.552. The highest BCUT2D eigenvalue weighted by atomic mass is 16.6.